The summed E-state index contributed by atoms with van der Waals surface area (Å²) < 4.78 is 0.615. The highest BCUT2D eigenvalue weighted by atomic mass is 35.5. The maximum Gasteiger partial charge on any atom is 0.253 e. The van der Waals surface area contributed by atoms with Crippen molar-refractivity contribution in [3.05, 3.63) is 69.7 Å². The molecular formula is C24H29ClN5O3S+. The average Bonchev–Trinajstić information content (AvgIpc) is 3.22. The molecule has 2 aromatic carbocycles. The van der Waals surface area contributed by atoms with Crippen LogP contribution in [0.15, 0.2) is 48.5 Å². The van der Waals surface area contributed by atoms with Crippen molar-refractivity contribution >= 4 is 62.1 Å². The summed E-state index contributed by atoms with van der Waals surface area (Å²) >= 11 is 1.29. The third-order valence-electron chi connectivity index (χ3n) is 5.78. The van der Waals surface area contributed by atoms with E-state index in [-0.39, 0.29) is 18.3 Å². The van der Waals surface area contributed by atoms with E-state index in [1.807, 2.05) is 43.3 Å². The van der Waals surface area contributed by atoms with Crippen molar-refractivity contribution in [3.8, 4) is 0 Å². The number of carbonyl (C=O) groups is 1. The number of nitrogens with two attached hydrogens (primary N) is 1. The first-order valence-corrected chi connectivity index (χ1v) is 11.5. The average molecular weight is 503 g/mol. The minimum absolute atomic E-state index is 0. The smallest absolute Gasteiger partial charge is 0.253 e. The number of carbonyl (C=O) groups excluding carboxylic acids is 1. The molecule has 0 bridgehead atoms. The van der Waals surface area contributed by atoms with Crippen molar-refractivity contribution in [2.45, 2.75) is 13.5 Å². The van der Waals surface area contributed by atoms with Gasteiger partial charge in [-0.15, -0.1) is 12.4 Å². The second-order valence-corrected chi connectivity index (χ2v) is 10.0. The number of aromatic nitrogens is 1. The summed E-state index contributed by atoms with van der Waals surface area (Å²) in [6.45, 7) is 3.83. The second-order valence-electron chi connectivity index (χ2n) is 8.84. The van der Waals surface area contributed by atoms with Gasteiger partial charge in [-0.2, -0.15) is 5.23 Å². The molecule has 0 spiro atoms. The van der Waals surface area contributed by atoms with Crippen LogP contribution in [0.4, 0.5) is 10.7 Å². The number of hydrogen-bond donors (Lipinski definition) is 4. The number of aryl methyl sites for hydroxylation is 1. The van der Waals surface area contributed by atoms with Crippen LogP contribution < -0.4 is 16.3 Å². The molecule has 4 rings (SSSR count). The van der Waals surface area contributed by atoms with Crippen molar-refractivity contribution in [2.75, 3.05) is 32.9 Å². The quantitative estimate of drug-likeness (QED) is 0.176. The number of nitrogen functional groups attached to an aromatic ring is 1. The van der Waals surface area contributed by atoms with Crippen LogP contribution in [-0.2, 0) is 6.54 Å². The number of pyridine rings is 1. The number of rotatable bonds is 7. The number of likely N-dealkylation sites (N-methyl/N-ethyl adjacent to an activating group) is 1. The van der Waals surface area contributed by atoms with E-state index >= 15 is 0 Å². The van der Waals surface area contributed by atoms with Crippen molar-refractivity contribution < 1.29 is 19.7 Å². The number of nitrogens with one attached hydrogen (secondary N) is 2. The van der Waals surface area contributed by atoms with Crippen LogP contribution >= 0.6 is 23.7 Å². The molecule has 0 aliphatic rings. The number of amides is 1. The van der Waals surface area contributed by atoms with Gasteiger partial charge in [0, 0.05) is 16.8 Å². The monoisotopic (exact) mass is 502 g/mol. The van der Waals surface area contributed by atoms with Crippen LogP contribution in [0.1, 0.15) is 20.8 Å². The predicted molar refractivity (Wildman–Crippen MR) is 139 cm³/mol. The van der Waals surface area contributed by atoms with Gasteiger partial charge in [-0.25, -0.2) is 10.2 Å². The van der Waals surface area contributed by atoms with Crippen molar-refractivity contribution in [2.24, 2.45) is 0 Å². The number of fused-ring (bicyclic) bond motifs is 2. The first kappa shape index (κ1) is 25.8. The van der Waals surface area contributed by atoms with Crippen LogP contribution in [-0.4, -0.2) is 47.8 Å². The summed E-state index contributed by atoms with van der Waals surface area (Å²) in [5, 5.41) is 24.3. The molecule has 2 heterocycles. The molecule has 0 aliphatic heterocycles. The largest absolute Gasteiger partial charge is 0.594 e. The summed E-state index contributed by atoms with van der Waals surface area (Å²) in [7, 11) is 4.11. The van der Waals surface area contributed by atoms with Gasteiger partial charge in [-0.1, -0.05) is 41.7 Å². The van der Waals surface area contributed by atoms with Gasteiger partial charge in [0.05, 0.1) is 54.3 Å². The van der Waals surface area contributed by atoms with E-state index in [0.717, 1.165) is 26.7 Å². The highest BCUT2D eigenvalue weighted by Gasteiger charge is 2.20. The molecule has 8 nitrogen and oxygen atoms in total. The molecule has 1 atom stereocenters. The minimum atomic E-state index is -0.906. The fourth-order valence-corrected chi connectivity index (χ4v) is 5.05. The summed E-state index contributed by atoms with van der Waals surface area (Å²) in [6, 6.07) is 14.9. The van der Waals surface area contributed by atoms with E-state index in [1.54, 1.807) is 12.1 Å². The molecule has 0 radical (unpaired) electrons. The number of quaternary nitrogens is 2. The number of halogens is 1. The van der Waals surface area contributed by atoms with E-state index in [0.29, 0.717) is 45.9 Å². The van der Waals surface area contributed by atoms with Gasteiger partial charge >= 0.3 is 0 Å². The Labute approximate surface area is 208 Å². The summed E-state index contributed by atoms with van der Waals surface area (Å²) in [5.41, 5.74) is 9.97. The Morgan fingerprint density at radius 2 is 1.82 bits per heavy atom. The highest BCUT2D eigenvalue weighted by Crippen LogP contribution is 2.31. The van der Waals surface area contributed by atoms with E-state index in [4.69, 9.17) is 15.9 Å². The Bertz CT molecular complexity index is 1340. The lowest BCUT2D eigenvalue weighted by atomic mass is 10.0. The van der Waals surface area contributed by atoms with Crippen molar-refractivity contribution in [1.29, 1.82) is 0 Å². The normalized spacial score (nSPS) is 12.5. The van der Waals surface area contributed by atoms with E-state index in [9.17, 15) is 10.0 Å². The van der Waals surface area contributed by atoms with Gasteiger partial charge in [-0.3, -0.25) is 4.79 Å². The Morgan fingerprint density at radius 1 is 1.15 bits per heavy atom. The van der Waals surface area contributed by atoms with Gasteiger partial charge in [0.15, 0.2) is 0 Å². The first-order chi connectivity index (χ1) is 15.7. The molecular weight excluding hydrogens is 474 g/mol. The maximum absolute atomic E-state index is 13.1. The third kappa shape index (κ3) is 5.30. The lowest BCUT2D eigenvalue weighted by Crippen LogP contribution is -2.98. The zero-order valence-corrected chi connectivity index (χ0v) is 20.9. The molecule has 1 unspecified atom stereocenters. The number of benzene rings is 2. The Kier molecular flexibility index (Phi) is 7.77. The number of hydrogen-bond acceptors (Lipinski definition) is 6. The number of para-hydroxylation sites is 2. The van der Waals surface area contributed by atoms with Gasteiger partial charge < -0.3 is 20.7 Å². The number of anilines is 1. The second kappa shape index (κ2) is 10.2. The molecule has 2 aromatic heterocycles. The van der Waals surface area contributed by atoms with Crippen LogP contribution in [0.25, 0.3) is 21.8 Å². The van der Waals surface area contributed by atoms with Crippen LogP contribution in [0.5, 0.6) is 0 Å². The molecule has 4 aromatic rings. The summed E-state index contributed by atoms with van der Waals surface area (Å²) in [4.78, 5) is 18.8. The Balaban J connectivity index is 0.00000324. The lowest BCUT2D eigenvalue weighted by Gasteiger charge is -2.29. The Hall–Kier alpha value is -2.79. The molecule has 10 heteroatoms. The molecule has 0 aliphatic carbocycles. The Morgan fingerprint density at radius 3 is 2.50 bits per heavy atom. The van der Waals surface area contributed by atoms with Gasteiger partial charge in [0.2, 0.25) is 5.00 Å². The van der Waals surface area contributed by atoms with Crippen LogP contribution in [0.3, 0.4) is 0 Å². The standard InChI is InChI=1S/C24H27N5O3S.ClH/c1-15-6-4-7-17-21(25)18-8-5-9-19(23(18)27-22(15)17)24(30)26-12-13-29(2,3)14-16-10-11-20(33-16)28(31)32;/h4-11,28,31H,12-14H2,1-3H3,(H2-,25,26,27,30);1H/p+1. The molecule has 180 valence electrons. The lowest BCUT2D eigenvalue weighted by molar-refractivity contribution is -0.989. The molecule has 34 heavy (non-hydrogen) atoms. The maximum atomic E-state index is 13.1. The van der Waals surface area contributed by atoms with Crippen LogP contribution in [0.2, 0.25) is 0 Å². The molecule has 0 fully saturated rings. The fraction of sp³-hybridized carbons (Fsp3) is 0.250. The highest BCUT2D eigenvalue weighted by molar-refractivity contribution is 7.15. The van der Waals surface area contributed by atoms with E-state index in [1.165, 1.54) is 11.3 Å². The SMILES string of the molecule is Cc1cccc2c(N)c3cccc(C(=O)NCC[N+](C)(C)Cc4ccc([NH+]([O-])O)s4)c3nc12.Cl. The first-order valence-electron chi connectivity index (χ1n) is 10.7. The zero-order chi connectivity index (χ0) is 23.8. The van der Waals surface area contributed by atoms with Crippen molar-refractivity contribution in [1.82, 2.24) is 10.3 Å². The summed E-state index contributed by atoms with van der Waals surface area (Å²) in [5.74, 6) is -0.190. The topological polar surface area (TPSA) is 116 Å². The predicted octanol–water partition coefficient (Wildman–Crippen LogP) is 3.17. The number of thiophene rings is 1. The van der Waals surface area contributed by atoms with Gasteiger partial charge in [0.1, 0.15) is 6.54 Å². The van der Waals surface area contributed by atoms with Crippen LogP contribution in [0, 0.1) is 12.1 Å². The minimum Gasteiger partial charge on any atom is -0.594 e. The van der Waals surface area contributed by atoms with E-state index < -0.39 is 5.23 Å². The van der Waals surface area contributed by atoms with Gasteiger partial charge in [0.25, 0.3) is 5.91 Å². The fourth-order valence-electron chi connectivity index (χ4n) is 3.99. The molecule has 0 saturated heterocycles. The molecule has 5 N–H and O–H groups in total. The van der Waals surface area contributed by atoms with E-state index in [2.05, 4.69) is 19.4 Å². The van der Waals surface area contributed by atoms with Crippen molar-refractivity contribution in [3.63, 3.8) is 0 Å². The van der Waals surface area contributed by atoms with Gasteiger partial charge in [-0.05, 0) is 24.6 Å². The number of nitrogens with zero attached hydrogens (tertiary/aromatic N) is 2. The molecule has 0 saturated carbocycles. The third-order valence-corrected chi connectivity index (χ3v) is 6.84. The zero-order valence-electron chi connectivity index (χ0n) is 19.3. The summed E-state index contributed by atoms with van der Waals surface area (Å²) in [6.07, 6.45) is 0. The molecule has 1 amide bonds.